The van der Waals surface area contributed by atoms with Crippen LogP contribution in [0.5, 0.6) is 0 Å². The number of carboxylic acids is 1. The first-order chi connectivity index (χ1) is 12.3. The maximum absolute atomic E-state index is 12.4. The number of nitrogens with one attached hydrogen (secondary N) is 1. The maximum atomic E-state index is 12.4. The molecule has 0 rings (SSSR count). The summed E-state index contributed by atoms with van der Waals surface area (Å²) < 4.78 is 4.51. The molecule has 0 aliphatic carbocycles. The molecule has 0 aliphatic rings. The molecular weight excluding hydrogens is 360 g/mol. The summed E-state index contributed by atoms with van der Waals surface area (Å²) in [5, 5.41) is 11.8. The van der Waals surface area contributed by atoms with Gasteiger partial charge in [-0.25, -0.2) is 4.79 Å². The summed E-state index contributed by atoms with van der Waals surface area (Å²) in [5.74, 6) is -1.98. The van der Waals surface area contributed by atoms with Crippen LogP contribution in [0.15, 0.2) is 0 Å². The topological polar surface area (TPSA) is 136 Å². The lowest BCUT2D eigenvalue weighted by Gasteiger charge is -2.20. The van der Waals surface area contributed by atoms with Crippen LogP contribution in [0.4, 0.5) is 0 Å². The molecule has 3 atom stereocenters. The minimum absolute atomic E-state index is 0.0263. The number of rotatable bonds is 16. The third-order valence-corrected chi connectivity index (χ3v) is 4.23. The van der Waals surface area contributed by atoms with Gasteiger partial charge in [-0.3, -0.25) is 20.1 Å². The van der Waals surface area contributed by atoms with Crippen LogP contribution in [-0.4, -0.2) is 47.3 Å². The molecule has 0 saturated heterocycles. The number of Topliss-reactive ketones (excluding diaryl/α,β-unsaturated/α-hetero) is 1. The number of carbonyl (C=O) groups excluding carboxylic acids is 3. The van der Waals surface area contributed by atoms with Crippen LogP contribution in [0.25, 0.3) is 0 Å². The molecule has 4 N–H and O–H groups in total. The number of aliphatic carboxylic acids is 1. The lowest BCUT2D eigenvalue weighted by molar-refractivity contribution is -0.143. The molecule has 0 spiro atoms. The van der Waals surface area contributed by atoms with E-state index in [9.17, 15) is 24.3 Å². The van der Waals surface area contributed by atoms with Crippen LogP contribution in [0.3, 0.4) is 0 Å². The average molecular weight is 391 g/mol. The first kappa shape index (κ1) is 24.4. The van der Waals surface area contributed by atoms with E-state index in [1.807, 2.05) is 6.92 Å². The van der Waals surface area contributed by atoms with Crippen LogP contribution >= 0.6 is 12.6 Å². The van der Waals surface area contributed by atoms with Gasteiger partial charge >= 0.3 is 5.97 Å². The number of amides is 1. The number of ketones is 1. The fraction of sp³-hybridized carbons (Fsp3) is 0.765. The van der Waals surface area contributed by atoms with Gasteiger partial charge in [0.05, 0.1) is 0 Å². The fourth-order valence-electron chi connectivity index (χ4n) is 2.45. The van der Waals surface area contributed by atoms with Crippen molar-refractivity contribution in [3.8, 4) is 0 Å². The minimum Gasteiger partial charge on any atom is -0.480 e. The Morgan fingerprint density at radius 3 is 2.46 bits per heavy atom. The van der Waals surface area contributed by atoms with Gasteiger partial charge < -0.3 is 15.2 Å². The smallest absolute Gasteiger partial charge is 0.326 e. The first-order valence-corrected chi connectivity index (χ1v) is 9.49. The van der Waals surface area contributed by atoms with Crippen molar-refractivity contribution < 1.29 is 29.0 Å². The summed E-state index contributed by atoms with van der Waals surface area (Å²) in [6, 6.07) is -0.957. The molecule has 1 amide bonds. The van der Waals surface area contributed by atoms with E-state index < -0.39 is 30.1 Å². The predicted molar refractivity (Wildman–Crippen MR) is 99.7 cm³/mol. The second-order valence-corrected chi connectivity index (χ2v) is 6.60. The van der Waals surface area contributed by atoms with Crippen LogP contribution in [0.1, 0.15) is 58.3 Å². The Morgan fingerprint density at radius 2 is 1.92 bits per heavy atom. The predicted octanol–water partition coefficient (Wildman–Crippen LogP) is 1.27. The van der Waals surface area contributed by atoms with Gasteiger partial charge in [0.25, 0.3) is 6.47 Å². The summed E-state index contributed by atoms with van der Waals surface area (Å²) in [6.07, 6.45) is 2.62. The molecule has 8 nitrogen and oxygen atoms in total. The van der Waals surface area contributed by atoms with Gasteiger partial charge in [0.2, 0.25) is 5.91 Å². The Kier molecular flexibility index (Phi) is 13.6. The first-order valence-electron chi connectivity index (χ1n) is 8.86. The van der Waals surface area contributed by atoms with Gasteiger partial charge in [-0.15, -0.1) is 0 Å². The highest BCUT2D eigenvalue weighted by Gasteiger charge is 2.26. The highest BCUT2D eigenvalue weighted by molar-refractivity contribution is 7.80. The molecule has 0 heterocycles. The number of nitrogens with two attached hydrogens (primary N) is 1. The molecule has 0 fully saturated rings. The molecule has 9 heteroatoms. The number of carbonyl (C=O) groups is 4. The van der Waals surface area contributed by atoms with Crippen LogP contribution in [-0.2, 0) is 23.9 Å². The van der Waals surface area contributed by atoms with E-state index in [0.29, 0.717) is 25.0 Å². The molecule has 26 heavy (non-hydrogen) atoms. The molecule has 150 valence electrons. The van der Waals surface area contributed by atoms with Gasteiger partial charge in [-0.05, 0) is 18.6 Å². The number of ether oxygens (including phenoxy) is 1. The fourth-order valence-corrected chi connectivity index (χ4v) is 2.76. The molecule has 0 aromatic carbocycles. The van der Waals surface area contributed by atoms with E-state index in [2.05, 4.69) is 22.7 Å². The molecule has 0 aromatic heterocycles. The zero-order valence-electron chi connectivity index (χ0n) is 15.2. The van der Waals surface area contributed by atoms with Crippen molar-refractivity contribution in [1.82, 2.24) is 5.32 Å². The largest absolute Gasteiger partial charge is 0.480 e. The summed E-state index contributed by atoms with van der Waals surface area (Å²) >= 11 is 4.10. The van der Waals surface area contributed by atoms with Gasteiger partial charge in [0.15, 0.2) is 6.23 Å². The second-order valence-electron chi connectivity index (χ2n) is 6.16. The Balaban J connectivity index is 4.63. The Bertz CT molecular complexity index is 461. The number of hydrogen-bond donors (Lipinski definition) is 4. The van der Waals surface area contributed by atoms with Crippen LogP contribution in [0.2, 0.25) is 0 Å². The van der Waals surface area contributed by atoms with Crippen molar-refractivity contribution in [3.05, 3.63) is 0 Å². The summed E-state index contributed by atoms with van der Waals surface area (Å²) in [5.41, 5.74) is 5.48. The zero-order chi connectivity index (χ0) is 19.9. The third-order valence-electron chi connectivity index (χ3n) is 3.97. The standard InChI is InChI=1S/C17H30N2O6S/c1-2-3-4-5-14(17(23)24)19-16(22)12(8-9-26)10-13(21)6-7-15(18)25-11-20/h11-12,14-15,26H,2-10,18H2,1H3,(H,19,22)(H,23,24). The van der Waals surface area contributed by atoms with Crippen LogP contribution < -0.4 is 11.1 Å². The van der Waals surface area contributed by atoms with Crippen molar-refractivity contribution in [2.24, 2.45) is 11.7 Å². The van der Waals surface area contributed by atoms with Crippen LogP contribution in [0, 0.1) is 5.92 Å². The van der Waals surface area contributed by atoms with E-state index in [0.717, 1.165) is 12.8 Å². The van der Waals surface area contributed by atoms with E-state index in [4.69, 9.17) is 5.73 Å². The monoisotopic (exact) mass is 390 g/mol. The Morgan fingerprint density at radius 1 is 1.23 bits per heavy atom. The average Bonchev–Trinajstić information content (AvgIpc) is 2.58. The third kappa shape index (κ3) is 11.1. The molecule has 0 saturated carbocycles. The molecular formula is C17H30N2O6S. The molecule has 0 aromatic rings. The van der Waals surface area contributed by atoms with Crippen molar-refractivity contribution in [1.29, 1.82) is 0 Å². The van der Waals surface area contributed by atoms with E-state index in [1.54, 1.807) is 0 Å². The van der Waals surface area contributed by atoms with Gasteiger partial charge in [0, 0.05) is 25.2 Å². The Hall–Kier alpha value is -1.61. The highest BCUT2D eigenvalue weighted by atomic mass is 32.1. The molecule has 0 bridgehead atoms. The van der Waals surface area contributed by atoms with Crippen molar-refractivity contribution in [2.45, 2.75) is 70.6 Å². The number of hydrogen-bond acceptors (Lipinski definition) is 7. The second kappa shape index (κ2) is 14.5. The maximum Gasteiger partial charge on any atom is 0.326 e. The lowest BCUT2D eigenvalue weighted by atomic mass is 9.95. The minimum atomic E-state index is -1.08. The normalized spacial score (nSPS) is 14.1. The number of unbranched alkanes of at least 4 members (excludes halogenated alkanes) is 2. The zero-order valence-corrected chi connectivity index (χ0v) is 16.1. The van der Waals surface area contributed by atoms with Crippen molar-refractivity contribution >= 4 is 36.8 Å². The molecule has 0 aliphatic heterocycles. The lowest BCUT2D eigenvalue weighted by Crippen LogP contribution is -2.44. The summed E-state index contributed by atoms with van der Waals surface area (Å²) in [4.78, 5) is 45.9. The molecule has 3 unspecified atom stereocenters. The Labute approximate surface area is 159 Å². The van der Waals surface area contributed by atoms with Gasteiger partial charge in [-0.1, -0.05) is 26.2 Å². The quantitative estimate of drug-likeness (QED) is 0.135. The number of carboxylic acid groups (broad SMARTS) is 1. The van der Waals surface area contributed by atoms with Crippen molar-refractivity contribution in [2.75, 3.05) is 5.75 Å². The van der Waals surface area contributed by atoms with Crippen molar-refractivity contribution in [3.63, 3.8) is 0 Å². The molecule has 0 radical (unpaired) electrons. The van der Waals surface area contributed by atoms with Gasteiger partial charge in [-0.2, -0.15) is 12.6 Å². The SMILES string of the molecule is CCCCCC(NC(=O)C(CCS)CC(=O)CCC(N)OC=O)C(=O)O. The van der Waals surface area contributed by atoms with Gasteiger partial charge in [0.1, 0.15) is 11.8 Å². The number of thiol groups is 1. The highest BCUT2D eigenvalue weighted by Crippen LogP contribution is 2.15. The van der Waals surface area contributed by atoms with E-state index >= 15 is 0 Å². The summed E-state index contributed by atoms with van der Waals surface area (Å²) in [7, 11) is 0. The van der Waals surface area contributed by atoms with E-state index in [1.165, 1.54) is 0 Å². The summed E-state index contributed by atoms with van der Waals surface area (Å²) in [6.45, 7) is 2.23. The van der Waals surface area contributed by atoms with E-state index in [-0.39, 0.29) is 31.5 Å².